The van der Waals surface area contributed by atoms with E-state index in [2.05, 4.69) is 36.9 Å². The minimum absolute atomic E-state index is 1.15. The molecule has 0 bridgehead atoms. The van der Waals surface area contributed by atoms with Crippen molar-refractivity contribution in [1.29, 1.82) is 0 Å². The van der Waals surface area contributed by atoms with Crippen LogP contribution >= 0.6 is 0 Å². The Morgan fingerprint density at radius 2 is 2.10 bits per heavy atom. The van der Waals surface area contributed by atoms with Crippen LogP contribution in [0.5, 0.6) is 0 Å². The zero-order valence-electron chi connectivity index (χ0n) is 6.68. The van der Waals surface area contributed by atoms with Crippen molar-refractivity contribution in [1.82, 2.24) is 4.98 Å². The molecule has 2 heteroatoms. The van der Waals surface area contributed by atoms with Crippen LogP contribution in [0.25, 0.3) is 0 Å². The molecule has 0 amide bonds. The third-order valence-corrected chi connectivity index (χ3v) is 3.31. The average Bonchev–Trinajstić information content (AvgIpc) is 1.88. The van der Waals surface area contributed by atoms with Gasteiger partial charge in [0.05, 0.1) is 14.3 Å². The highest BCUT2D eigenvalue weighted by molar-refractivity contribution is 6.88. The number of pyridine rings is 1. The average molecular weight is 150 g/mol. The molecule has 1 aromatic heterocycles. The summed E-state index contributed by atoms with van der Waals surface area (Å²) in [4.78, 5) is 3.96. The van der Waals surface area contributed by atoms with Crippen LogP contribution in [0.15, 0.2) is 18.3 Å². The van der Waals surface area contributed by atoms with E-state index in [1.165, 1.54) is 5.19 Å². The Hall–Kier alpha value is -0.633. The van der Waals surface area contributed by atoms with Crippen molar-refractivity contribution < 1.29 is 0 Å². The van der Waals surface area contributed by atoms with Crippen LogP contribution in [-0.2, 0) is 0 Å². The van der Waals surface area contributed by atoms with E-state index >= 15 is 0 Å². The molecule has 10 heavy (non-hydrogen) atoms. The molecule has 1 aromatic rings. The van der Waals surface area contributed by atoms with E-state index in [1.807, 2.05) is 6.07 Å². The Morgan fingerprint density at radius 1 is 1.40 bits per heavy atom. The fourth-order valence-electron chi connectivity index (χ4n) is 0.744. The van der Waals surface area contributed by atoms with Gasteiger partial charge in [0.25, 0.3) is 0 Å². The van der Waals surface area contributed by atoms with Crippen LogP contribution in [0.1, 0.15) is 0 Å². The first kappa shape index (κ1) is 7.47. The highest BCUT2D eigenvalue weighted by atomic mass is 28.3. The van der Waals surface area contributed by atoms with Gasteiger partial charge in [0.2, 0.25) is 0 Å². The number of hydrogen-bond donors (Lipinski definition) is 0. The van der Waals surface area contributed by atoms with Gasteiger partial charge in [-0.15, -0.1) is 0 Å². The minimum Gasteiger partial charge on any atom is -0.255 e. The van der Waals surface area contributed by atoms with Crippen LogP contribution in [-0.4, -0.2) is 13.1 Å². The molecular formula is C8H12NSi. The summed E-state index contributed by atoms with van der Waals surface area (Å²) in [5.41, 5.74) is 0. The van der Waals surface area contributed by atoms with Crippen molar-refractivity contribution in [3.63, 3.8) is 0 Å². The Bertz CT molecular complexity index is 200. The highest BCUT2D eigenvalue weighted by Crippen LogP contribution is 1.98. The number of rotatable bonds is 1. The molecule has 0 aliphatic carbocycles. The molecule has 0 saturated carbocycles. The quantitative estimate of drug-likeness (QED) is 0.552. The summed E-state index contributed by atoms with van der Waals surface area (Å²) in [6.07, 6.45) is 4.79. The molecule has 1 rings (SSSR count). The summed E-state index contributed by atoms with van der Waals surface area (Å²) >= 11 is 0. The summed E-state index contributed by atoms with van der Waals surface area (Å²) in [6.45, 7) is 6.88. The molecule has 1 heterocycles. The summed E-state index contributed by atoms with van der Waals surface area (Å²) in [7, 11) is -1.15. The Kier molecular flexibility index (Phi) is 1.90. The maximum Gasteiger partial charge on any atom is 0.0877 e. The van der Waals surface area contributed by atoms with E-state index in [1.54, 1.807) is 6.20 Å². The minimum atomic E-state index is -1.15. The van der Waals surface area contributed by atoms with Crippen molar-refractivity contribution in [2.45, 2.75) is 19.6 Å². The lowest BCUT2D eigenvalue weighted by Gasteiger charge is -2.14. The SMILES string of the molecule is C[Si](C)(C)c1[c]nccc1. The van der Waals surface area contributed by atoms with Crippen molar-refractivity contribution in [3.8, 4) is 0 Å². The van der Waals surface area contributed by atoms with Crippen LogP contribution in [0.4, 0.5) is 0 Å². The zero-order valence-corrected chi connectivity index (χ0v) is 7.68. The second-order valence-corrected chi connectivity index (χ2v) is 8.45. The van der Waals surface area contributed by atoms with Gasteiger partial charge in [-0.2, -0.15) is 0 Å². The Labute approximate surface area is 63.1 Å². The highest BCUT2D eigenvalue weighted by Gasteiger charge is 2.15. The van der Waals surface area contributed by atoms with E-state index < -0.39 is 8.07 Å². The molecule has 1 nitrogen and oxygen atoms in total. The van der Waals surface area contributed by atoms with Crippen LogP contribution in [0, 0.1) is 6.20 Å². The molecule has 0 fully saturated rings. The predicted octanol–water partition coefficient (Wildman–Crippen LogP) is 1.43. The summed E-state index contributed by atoms with van der Waals surface area (Å²) in [5, 5.41) is 1.30. The van der Waals surface area contributed by atoms with Gasteiger partial charge in [0.1, 0.15) is 0 Å². The molecular weight excluding hydrogens is 138 g/mol. The lowest BCUT2D eigenvalue weighted by molar-refractivity contribution is 1.33. The number of nitrogens with zero attached hydrogens (tertiary/aromatic N) is 1. The molecule has 0 unspecified atom stereocenters. The van der Waals surface area contributed by atoms with Gasteiger partial charge in [-0.05, 0) is 11.3 Å². The molecule has 0 saturated heterocycles. The lowest BCUT2D eigenvalue weighted by atomic mass is 10.5. The van der Waals surface area contributed by atoms with Gasteiger partial charge >= 0.3 is 0 Å². The smallest absolute Gasteiger partial charge is 0.0877 e. The second-order valence-electron chi connectivity index (χ2n) is 3.41. The monoisotopic (exact) mass is 150 g/mol. The van der Waals surface area contributed by atoms with Gasteiger partial charge in [-0.3, -0.25) is 4.98 Å². The third-order valence-electron chi connectivity index (χ3n) is 1.42. The molecule has 0 aliphatic rings. The second kappa shape index (κ2) is 2.54. The molecule has 1 radical (unpaired) electrons. The molecule has 0 aromatic carbocycles. The predicted molar refractivity (Wildman–Crippen MR) is 46.1 cm³/mol. The summed E-state index contributed by atoms with van der Waals surface area (Å²) in [6, 6.07) is 4.09. The Balaban J connectivity index is 2.97. The third kappa shape index (κ3) is 1.67. The van der Waals surface area contributed by atoms with Crippen molar-refractivity contribution in [2.24, 2.45) is 0 Å². The van der Waals surface area contributed by atoms with E-state index in [-0.39, 0.29) is 0 Å². The van der Waals surface area contributed by atoms with Gasteiger partial charge in [0, 0.05) is 6.20 Å². The van der Waals surface area contributed by atoms with E-state index in [4.69, 9.17) is 0 Å². The normalized spacial score (nSPS) is 11.5. The van der Waals surface area contributed by atoms with Crippen LogP contribution in [0.3, 0.4) is 0 Å². The first-order valence-corrected chi connectivity index (χ1v) is 6.94. The summed E-state index contributed by atoms with van der Waals surface area (Å²) in [5.74, 6) is 0. The molecule has 53 valence electrons. The molecule has 0 atom stereocenters. The van der Waals surface area contributed by atoms with Gasteiger partial charge < -0.3 is 0 Å². The number of hydrogen-bond acceptors (Lipinski definition) is 1. The fraction of sp³-hybridized carbons (Fsp3) is 0.375. The summed E-state index contributed by atoms with van der Waals surface area (Å²) < 4.78 is 0. The van der Waals surface area contributed by atoms with Gasteiger partial charge in [-0.25, -0.2) is 0 Å². The van der Waals surface area contributed by atoms with Crippen molar-refractivity contribution in [3.05, 3.63) is 24.5 Å². The van der Waals surface area contributed by atoms with Gasteiger partial charge in [0.15, 0.2) is 0 Å². The molecule has 0 spiro atoms. The standard InChI is InChI=1S/C8H12NSi/c1-10(2,3)8-5-4-6-9-7-8/h4-6H,1-3H3. The molecule has 0 N–H and O–H groups in total. The van der Waals surface area contributed by atoms with Crippen LogP contribution < -0.4 is 5.19 Å². The van der Waals surface area contributed by atoms with Crippen LogP contribution in [0.2, 0.25) is 19.6 Å². The fourth-order valence-corrected chi connectivity index (χ4v) is 1.74. The topological polar surface area (TPSA) is 12.9 Å². The van der Waals surface area contributed by atoms with Crippen molar-refractivity contribution in [2.75, 3.05) is 0 Å². The first-order chi connectivity index (χ1) is 4.61. The zero-order chi connectivity index (χ0) is 7.61. The van der Waals surface area contributed by atoms with E-state index in [9.17, 15) is 0 Å². The lowest BCUT2D eigenvalue weighted by Crippen LogP contribution is -2.37. The maximum absolute atomic E-state index is 3.96. The van der Waals surface area contributed by atoms with Gasteiger partial charge in [-0.1, -0.05) is 25.7 Å². The van der Waals surface area contributed by atoms with E-state index in [0.29, 0.717) is 0 Å². The van der Waals surface area contributed by atoms with E-state index in [0.717, 1.165) is 0 Å². The van der Waals surface area contributed by atoms with Crippen molar-refractivity contribution >= 4 is 13.3 Å². The molecule has 0 aliphatic heterocycles. The maximum atomic E-state index is 3.96. The Morgan fingerprint density at radius 3 is 2.40 bits per heavy atom. The number of aromatic nitrogens is 1. The largest absolute Gasteiger partial charge is 0.255 e. The first-order valence-electron chi connectivity index (χ1n) is 3.44.